The van der Waals surface area contributed by atoms with Crippen molar-refractivity contribution in [3.8, 4) is 0 Å². The summed E-state index contributed by atoms with van der Waals surface area (Å²) in [7, 11) is 0. The van der Waals surface area contributed by atoms with E-state index in [0.717, 1.165) is 12.1 Å². The molecule has 0 amide bonds. The van der Waals surface area contributed by atoms with Gasteiger partial charge in [0.1, 0.15) is 11.6 Å². The molecule has 108 valence electrons. The molecule has 0 aliphatic rings. The van der Waals surface area contributed by atoms with Crippen LogP contribution in [0.2, 0.25) is 0 Å². The van der Waals surface area contributed by atoms with E-state index in [1.807, 2.05) is 0 Å². The number of benzene rings is 1. The minimum atomic E-state index is -4.27. The molecule has 1 aromatic carbocycles. The van der Waals surface area contributed by atoms with Crippen LogP contribution in [0.4, 0.5) is 22.0 Å². The van der Waals surface area contributed by atoms with Crippen LogP contribution in [-0.2, 0) is 0 Å². The van der Waals surface area contributed by atoms with E-state index in [1.165, 1.54) is 6.92 Å². The van der Waals surface area contributed by atoms with E-state index in [2.05, 4.69) is 5.32 Å². The summed E-state index contributed by atoms with van der Waals surface area (Å²) in [5.74, 6) is -1.28. The fourth-order valence-corrected chi connectivity index (χ4v) is 2.00. The second-order valence-electron chi connectivity index (χ2n) is 4.09. The highest BCUT2D eigenvalue weighted by atomic mass is 32.2. The van der Waals surface area contributed by atoms with Gasteiger partial charge >= 0.3 is 5.51 Å². The molecule has 0 saturated heterocycles. The van der Waals surface area contributed by atoms with Crippen molar-refractivity contribution in [3.05, 3.63) is 34.9 Å². The second-order valence-corrected chi connectivity index (χ2v) is 5.25. The molecular formula is C12H14F5NS. The van der Waals surface area contributed by atoms with Crippen LogP contribution in [0, 0.1) is 18.6 Å². The predicted octanol–water partition coefficient (Wildman–Crippen LogP) is 4.18. The SMILES string of the molecule is Cc1cc(F)c(C(C)NCCSC(F)(F)F)cc1F. The normalized spacial score (nSPS) is 13.6. The maximum atomic E-state index is 13.6. The third-order valence-electron chi connectivity index (χ3n) is 2.56. The standard InChI is InChI=1S/C12H14F5NS/c1-7-5-11(14)9(6-10(7)13)8(2)18-3-4-19-12(15,16)17/h5-6,8,18H,3-4H2,1-2H3. The van der Waals surface area contributed by atoms with Crippen LogP contribution < -0.4 is 5.32 Å². The van der Waals surface area contributed by atoms with Gasteiger partial charge in [0.05, 0.1) is 0 Å². The Bertz CT molecular complexity index is 433. The first-order valence-corrected chi connectivity index (χ1v) is 6.59. The molecule has 1 unspecified atom stereocenters. The topological polar surface area (TPSA) is 12.0 Å². The predicted molar refractivity (Wildman–Crippen MR) is 66.0 cm³/mol. The lowest BCUT2D eigenvalue weighted by Gasteiger charge is -2.16. The highest BCUT2D eigenvalue weighted by Crippen LogP contribution is 2.29. The number of thioether (sulfide) groups is 1. The summed E-state index contributed by atoms with van der Waals surface area (Å²) in [5, 5.41) is 2.73. The molecule has 7 heteroatoms. The summed E-state index contributed by atoms with van der Waals surface area (Å²) in [5.41, 5.74) is -3.97. The van der Waals surface area contributed by atoms with Crippen molar-refractivity contribution in [2.45, 2.75) is 25.4 Å². The molecule has 0 bridgehead atoms. The Morgan fingerprint density at radius 2 is 1.84 bits per heavy atom. The van der Waals surface area contributed by atoms with Gasteiger partial charge in [-0.3, -0.25) is 0 Å². The van der Waals surface area contributed by atoms with Gasteiger partial charge < -0.3 is 5.32 Å². The molecule has 0 heterocycles. The van der Waals surface area contributed by atoms with Crippen LogP contribution in [0.15, 0.2) is 12.1 Å². The zero-order valence-corrected chi connectivity index (χ0v) is 11.3. The molecule has 0 saturated carbocycles. The van der Waals surface area contributed by atoms with Gasteiger partial charge in [0.25, 0.3) is 0 Å². The van der Waals surface area contributed by atoms with E-state index in [4.69, 9.17) is 0 Å². The van der Waals surface area contributed by atoms with Crippen LogP contribution in [0.5, 0.6) is 0 Å². The lowest BCUT2D eigenvalue weighted by atomic mass is 10.1. The summed E-state index contributed by atoms with van der Waals surface area (Å²) < 4.78 is 62.6. The Morgan fingerprint density at radius 1 is 1.21 bits per heavy atom. The van der Waals surface area contributed by atoms with Crippen molar-refractivity contribution in [2.75, 3.05) is 12.3 Å². The number of nitrogens with one attached hydrogen (secondary N) is 1. The average molecular weight is 299 g/mol. The smallest absolute Gasteiger partial charge is 0.309 e. The maximum absolute atomic E-state index is 13.6. The lowest BCUT2D eigenvalue weighted by molar-refractivity contribution is -0.0327. The molecule has 1 aromatic rings. The zero-order chi connectivity index (χ0) is 14.6. The monoisotopic (exact) mass is 299 g/mol. The van der Waals surface area contributed by atoms with Gasteiger partial charge in [-0.2, -0.15) is 13.2 Å². The quantitative estimate of drug-likeness (QED) is 0.646. The third kappa shape index (κ3) is 5.36. The number of hydrogen-bond donors (Lipinski definition) is 1. The molecule has 0 aromatic heterocycles. The average Bonchev–Trinajstić information content (AvgIpc) is 2.28. The molecule has 1 rings (SSSR count). The van der Waals surface area contributed by atoms with E-state index in [-0.39, 0.29) is 35.2 Å². The Balaban J connectivity index is 2.54. The Labute approximate surface area is 112 Å². The van der Waals surface area contributed by atoms with Gasteiger partial charge in [-0.05, 0) is 43.3 Å². The minimum absolute atomic E-state index is 0.0558. The van der Waals surface area contributed by atoms with E-state index < -0.39 is 23.2 Å². The van der Waals surface area contributed by atoms with Crippen molar-refractivity contribution in [1.82, 2.24) is 5.32 Å². The Kier molecular flexibility index (Phi) is 5.61. The van der Waals surface area contributed by atoms with E-state index in [0.29, 0.717) is 0 Å². The van der Waals surface area contributed by atoms with Crippen LogP contribution in [0.3, 0.4) is 0 Å². The molecule has 1 N–H and O–H groups in total. The van der Waals surface area contributed by atoms with Gasteiger partial charge in [-0.15, -0.1) is 0 Å². The first kappa shape index (κ1) is 16.2. The van der Waals surface area contributed by atoms with Crippen molar-refractivity contribution < 1.29 is 22.0 Å². The van der Waals surface area contributed by atoms with E-state index in [1.54, 1.807) is 6.92 Å². The van der Waals surface area contributed by atoms with Crippen molar-refractivity contribution in [2.24, 2.45) is 0 Å². The fraction of sp³-hybridized carbons (Fsp3) is 0.500. The molecular weight excluding hydrogens is 285 g/mol. The van der Waals surface area contributed by atoms with Crippen LogP contribution in [-0.4, -0.2) is 17.8 Å². The first-order chi connectivity index (χ1) is 8.70. The van der Waals surface area contributed by atoms with E-state index in [9.17, 15) is 22.0 Å². The number of hydrogen-bond acceptors (Lipinski definition) is 2. The van der Waals surface area contributed by atoms with Crippen molar-refractivity contribution in [3.63, 3.8) is 0 Å². The highest BCUT2D eigenvalue weighted by molar-refractivity contribution is 8.00. The Morgan fingerprint density at radius 3 is 2.42 bits per heavy atom. The van der Waals surface area contributed by atoms with Crippen LogP contribution >= 0.6 is 11.8 Å². The fourth-order valence-electron chi connectivity index (χ4n) is 1.55. The van der Waals surface area contributed by atoms with Crippen LogP contribution in [0.1, 0.15) is 24.1 Å². The molecule has 1 atom stereocenters. The zero-order valence-electron chi connectivity index (χ0n) is 10.4. The Hall–Kier alpha value is -0.820. The number of alkyl halides is 3. The van der Waals surface area contributed by atoms with Gasteiger partial charge in [0.2, 0.25) is 0 Å². The van der Waals surface area contributed by atoms with Crippen LogP contribution in [0.25, 0.3) is 0 Å². The molecule has 0 fully saturated rings. The van der Waals surface area contributed by atoms with E-state index >= 15 is 0 Å². The third-order valence-corrected chi connectivity index (χ3v) is 3.30. The van der Waals surface area contributed by atoms with Gasteiger partial charge in [-0.1, -0.05) is 0 Å². The summed E-state index contributed by atoms with van der Waals surface area (Å²) in [6, 6.07) is 1.59. The lowest BCUT2D eigenvalue weighted by Crippen LogP contribution is -2.23. The van der Waals surface area contributed by atoms with Gasteiger partial charge in [-0.25, -0.2) is 8.78 Å². The highest BCUT2D eigenvalue weighted by Gasteiger charge is 2.27. The molecule has 0 aliphatic heterocycles. The number of halogens is 5. The largest absolute Gasteiger partial charge is 0.441 e. The summed E-state index contributed by atoms with van der Waals surface area (Å²) >= 11 is -0.150. The summed E-state index contributed by atoms with van der Waals surface area (Å²) in [6.45, 7) is 3.08. The minimum Gasteiger partial charge on any atom is -0.309 e. The molecule has 0 aliphatic carbocycles. The molecule has 1 nitrogen and oxygen atoms in total. The number of aryl methyl sites for hydroxylation is 1. The summed E-state index contributed by atoms with van der Waals surface area (Å²) in [6.07, 6.45) is 0. The second kappa shape index (κ2) is 6.56. The maximum Gasteiger partial charge on any atom is 0.441 e. The summed E-state index contributed by atoms with van der Waals surface area (Å²) in [4.78, 5) is 0. The molecule has 0 spiro atoms. The number of rotatable bonds is 5. The van der Waals surface area contributed by atoms with Gasteiger partial charge in [0, 0.05) is 23.9 Å². The van der Waals surface area contributed by atoms with Crippen molar-refractivity contribution in [1.29, 1.82) is 0 Å². The molecule has 19 heavy (non-hydrogen) atoms. The van der Waals surface area contributed by atoms with Crippen molar-refractivity contribution >= 4 is 11.8 Å². The first-order valence-electron chi connectivity index (χ1n) is 5.60. The van der Waals surface area contributed by atoms with Gasteiger partial charge in [0.15, 0.2) is 0 Å². The molecule has 0 radical (unpaired) electrons.